The Hall–Kier alpha value is -3.61. The van der Waals surface area contributed by atoms with Crippen molar-refractivity contribution in [2.24, 2.45) is 0 Å². The summed E-state index contributed by atoms with van der Waals surface area (Å²) in [5.74, 6) is 0.678. The van der Waals surface area contributed by atoms with Gasteiger partial charge in [0, 0.05) is 11.1 Å². The Morgan fingerprint density at radius 3 is 2.57 bits per heavy atom. The lowest BCUT2D eigenvalue weighted by Gasteiger charge is -2.18. The Balaban J connectivity index is 1.43. The first-order valence-electron chi connectivity index (χ1n) is 8.74. The number of fused-ring (bicyclic) bond motifs is 1. The molecule has 3 aromatic rings. The molecule has 7 nitrogen and oxygen atoms in total. The minimum atomic E-state index is -0.714. The number of hydrogen-bond acceptors (Lipinski definition) is 7. The van der Waals surface area contributed by atoms with Crippen molar-refractivity contribution in [2.75, 3.05) is 19.8 Å². The predicted molar refractivity (Wildman–Crippen MR) is 98.7 cm³/mol. The lowest BCUT2D eigenvalue weighted by molar-refractivity contribution is 0.0467. The Morgan fingerprint density at radius 2 is 1.79 bits per heavy atom. The number of carbonyl (C=O) groups excluding carboxylic acids is 2. The normalized spacial score (nSPS) is 12.5. The molecule has 0 N–H and O–H groups in total. The monoisotopic (exact) mass is 379 g/mol. The van der Waals surface area contributed by atoms with Crippen molar-refractivity contribution in [3.63, 3.8) is 0 Å². The quantitative estimate of drug-likeness (QED) is 0.495. The number of oxazole rings is 1. The number of aromatic nitrogens is 1. The molecule has 0 saturated heterocycles. The van der Waals surface area contributed by atoms with Gasteiger partial charge < -0.3 is 18.6 Å². The maximum Gasteiger partial charge on any atom is 0.361 e. The molecule has 0 aliphatic carbocycles. The third-order valence-corrected chi connectivity index (χ3v) is 4.21. The van der Waals surface area contributed by atoms with Crippen LogP contribution in [0.4, 0.5) is 0 Å². The van der Waals surface area contributed by atoms with Gasteiger partial charge in [0.15, 0.2) is 29.6 Å². The van der Waals surface area contributed by atoms with E-state index in [1.54, 1.807) is 25.1 Å². The number of hydrogen-bond donors (Lipinski definition) is 0. The Kier molecular flexibility index (Phi) is 4.80. The molecule has 0 radical (unpaired) electrons. The molecule has 28 heavy (non-hydrogen) atoms. The van der Waals surface area contributed by atoms with Gasteiger partial charge in [-0.3, -0.25) is 4.79 Å². The zero-order valence-electron chi connectivity index (χ0n) is 15.1. The summed E-state index contributed by atoms with van der Waals surface area (Å²) in [4.78, 5) is 28.9. The van der Waals surface area contributed by atoms with Gasteiger partial charge in [0.1, 0.15) is 19.0 Å². The van der Waals surface area contributed by atoms with Crippen LogP contribution in [0.1, 0.15) is 26.6 Å². The van der Waals surface area contributed by atoms with Gasteiger partial charge in [-0.2, -0.15) is 0 Å². The van der Waals surface area contributed by atoms with Crippen LogP contribution in [0, 0.1) is 6.92 Å². The second kappa shape index (κ2) is 7.56. The summed E-state index contributed by atoms with van der Waals surface area (Å²) in [6.07, 6.45) is 0. The van der Waals surface area contributed by atoms with Gasteiger partial charge in [-0.05, 0) is 37.3 Å². The first-order chi connectivity index (χ1) is 13.6. The highest BCUT2D eigenvalue weighted by Gasteiger charge is 2.21. The molecule has 0 saturated carbocycles. The summed E-state index contributed by atoms with van der Waals surface area (Å²) in [6, 6.07) is 14.1. The fourth-order valence-corrected chi connectivity index (χ4v) is 2.79. The van der Waals surface area contributed by atoms with E-state index in [4.69, 9.17) is 18.6 Å². The minimum Gasteiger partial charge on any atom is -0.486 e. The molecule has 1 aromatic heterocycles. The predicted octanol–water partition coefficient (Wildman–Crippen LogP) is 3.46. The van der Waals surface area contributed by atoms with E-state index in [-0.39, 0.29) is 11.5 Å². The molecule has 2 aromatic carbocycles. The highest BCUT2D eigenvalue weighted by molar-refractivity contribution is 5.99. The Labute approximate surface area is 160 Å². The van der Waals surface area contributed by atoms with E-state index in [2.05, 4.69) is 4.98 Å². The molecule has 0 bridgehead atoms. The van der Waals surface area contributed by atoms with Gasteiger partial charge in [-0.15, -0.1) is 0 Å². The number of ketones is 1. The number of carbonyl (C=O) groups is 2. The number of Topliss-reactive ketones (excluding diaryl/α,β-unsaturated/α-hetero) is 1. The lowest BCUT2D eigenvalue weighted by Crippen LogP contribution is -2.17. The second-order valence-electron chi connectivity index (χ2n) is 6.15. The summed E-state index contributed by atoms with van der Waals surface area (Å²) < 4.78 is 21.6. The lowest BCUT2D eigenvalue weighted by atomic mass is 10.1. The molecule has 0 spiro atoms. The van der Waals surface area contributed by atoms with Crippen LogP contribution in [0.15, 0.2) is 52.9 Å². The molecule has 0 amide bonds. The van der Waals surface area contributed by atoms with Crippen molar-refractivity contribution < 1.29 is 28.2 Å². The van der Waals surface area contributed by atoms with Gasteiger partial charge in [0.25, 0.3) is 0 Å². The van der Waals surface area contributed by atoms with Gasteiger partial charge in [0.05, 0.1) is 0 Å². The molecule has 0 atom stereocenters. The molecular formula is C21H17NO6. The summed E-state index contributed by atoms with van der Waals surface area (Å²) in [5.41, 5.74) is 1.17. The molecule has 0 unspecified atom stereocenters. The number of benzene rings is 2. The van der Waals surface area contributed by atoms with Gasteiger partial charge in [-0.1, -0.05) is 18.2 Å². The SMILES string of the molecule is Cc1oc(-c2ccccc2)nc1C(=O)OCC(=O)c1ccc2c(c1)OCCO2. The molecule has 7 heteroatoms. The van der Waals surface area contributed by atoms with Crippen molar-refractivity contribution in [2.45, 2.75) is 6.92 Å². The fraction of sp³-hybridized carbons (Fsp3) is 0.190. The van der Waals surface area contributed by atoms with E-state index in [1.165, 1.54) is 0 Å². The zero-order valence-corrected chi connectivity index (χ0v) is 15.1. The standard InChI is InChI=1S/C21H17NO6/c1-13-19(22-20(28-13)14-5-3-2-4-6-14)21(24)27-12-16(23)15-7-8-17-18(11-15)26-10-9-25-17/h2-8,11H,9-10,12H2,1H3. The number of nitrogens with zero attached hydrogens (tertiary/aromatic N) is 1. The van der Waals surface area contributed by atoms with Crippen molar-refractivity contribution in [3.8, 4) is 23.0 Å². The van der Waals surface area contributed by atoms with E-state index in [0.717, 1.165) is 5.56 Å². The minimum absolute atomic E-state index is 0.0498. The van der Waals surface area contributed by atoms with E-state index in [1.807, 2.05) is 30.3 Å². The van der Waals surface area contributed by atoms with E-state index >= 15 is 0 Å². The molecule has 4 rings (SSSR count). The van der Waals surface area contributed by atoms with Crippen molar-refractivity contribution in [1.29, 1.82) is 0 Å². The summed E-state index contributed by atoms with van der Waals surface area (Å²) in [6.45, 7) is 2.11. The summed E-state index contributed by atoms with van der Waals surface area (Å²) in [7, 11) is 0. The van der Waals surface area contributed by atoms with Crippen LogP contribution in [-0.2, 0) is 4.74 Å². The van der Waals surface area contributed by atoms with Gasteiger partial charge in [0.2, 0.25) is 5.89 Å². The average molecular weight is 379 g/mol. The largest absolute Gasteiger partial charge is 0.486 e. The third-order valence-electron chi connectivity index (χ3n) is 4.21. The van der Waals surface area contributed by atoms with Crippen LogP contribution in [0.25, 0.3) is 11.5 Å². The molecular weight excluding hydrogens is 362 g/mol. The van der Waals surface area contributed by atoms with E-state index in [9.17, 15) is 9.59 Å². The number of ether oxygens (including phenoxy) is 3. The molecule has 2 heterocycles. The van der Waals surface area contributed by atoms with Crippen LogP contribution < -0.4 is 9.47 Å². The van der Waals surface area contributed by atoms with Gasteiger partial charge >= 0.3 is 5.97 Å². The molecule has 1 aliphatic heterocycles. The maximum absolute atomic E-state index is 12.4. The third kappa shape index (κ3) is 3.59. The Morgan fingerprint density at radius 1 is 1.04 bits per heavy atom. The number of rotatable bonds is 5. The van der Waals surface area contributed by atoms with Crippen LogP contribution >= 0.6 is 0 Å². The van der Waals surface area contributed by atoms with Crippen LogP contribution in [0.3, 0.4) is 0 Å². The highest BCUT2D eigenvalue weighted by atomic mass is 16.6. The average Bonchev–Trinajstić information content (AvgIpc) is 3.14. The van der Waals surface area contributed by atoms with Crippen molar-refractivity contribution in [1.82, 2.24) is 4.98 Å². The smallest absolute Gasteiger partial charge is 0.361 e. The highest BCUT2D eigenvalue weighted by Crippen LogP contribution is 2.31. The number of esters is 1. The molecule has 1 aliphatic rings. The maximum atomic E-state index is 12.4. The van der Waals surface area contributed by atoms with Crippen LogP contribution in [0.5, 0.6) is 11.5 Å². The summed E-state index contributed by atoms with van der Waals surface area (Å²) in [5, 5.41) is 0. The molecule has 142 valence electrons. The van der Waals surface area contributed by atoms with E-state index < -0.39 is 12.6 Å². The summed E-state index contributed by atoms with van der Waals surface area (Å²) >= 11 is 0. The van der Waals surface area contributed by atoms with Crippen LogP contribution in [0.2, 0.25) is 0 Å². The molecule has 0 fully saturated rings. The Bertz CT molecular complexity index is 1020. The van der Waals surface area contributed by atoms with Crippen LogP contribution in [-0.4, -0.2) is 36.6 Å². The van der Waals surface area contributed by atoms with E-state index in [0.29, 0.717) is 41.9 Å². The zero-order chi connectivity index (χ0) is 19.5. The van der Waals surface area contributed by atoms with Crippen molar-refractivity contribution in [3.05, 3.63) is 65.5 Å². The van der Waals surface area contributed by atoms with Crippen molar-refractivity contribution >= 4 is 11.8 Å². The first-order valence-corrected chi connectivity index (χ1v) is 8.74. The second-order valence-corrected chi connectivity index (χ2v) is 6.15. The topological polar surface area (TPSA) is 87.9 Å². The van der Waals surface area contributed by atoms with Gasteiger partial charge in [-0.25, -0.2) is 9.78 Å². The first kappa shape index (κ1) is 17.8. The number of aryl methyl sites for hydroxylation is 1. The fourth-order valence-electron chi connectivity index (χ4n) is 2.79.